The molecule has 1 aromatic rings. The van der Waals surface area contributed by atoms with Gasteiger partial charge in [-0.25, -0.2) is 0 Å². The van der Waals surface area contributed by atoms with Crippen LogP contribution < -0.4 is 10.5 Å². The van der Waals surface area contributed by atoms with Crippen molar-refractivity contribution in [3.05, 3.63) is 23.8 Å². The van der Waals surface area contributed by atoms with Crippen LogP contribution in [-0.2, 0) is 0 Å². The molecule has 0 heterocycles. The Hall–Kier alpha value is -1.18. The second-order valence-corrected chi connectivity index (χ2v) is 4.77. The molecule has 0 radical (unpaired) electrons. The first-order valence-electron chi connectivity index (χ1n) is 6.67. The number of nitrogen functional groups attached to an aromatic ring is 1. The van der Waals surface area contributed by atoms with E-state index in [2.05, 4.69) is 13.8 Å². The van der Waals surface area contributed by atoms with Gasteiger partial charge in [-0.15, -0.1) is 0 Å². The van der Waals surface area contributed by atoms with Gasteiger partial charge in [-0.3, -0.25) is 0 Å². The van der Waals surface area contributed by atoms with Gasteiger partial charge in [0.1, 0.15) is 5.75 Å². The average molecular weight is 235 g/mol. The lowest BCUT2D eigenvalue weighted by molar-refractivity contribution is 0.206. The fourth-order valence-corrected chi connectivity index (χ4v) is 1.95. The highest BCUT2D eigenvalue weighted by molar-refractivity contribution is 5.56. The quantitative estimate of drug-likeness (QED) is 0.564. The number of para-hydroxylation sites is 1. The Kier molecular flexibility index (Phi) is 5.88. The summed E-state index contributed by atoms with van der Waals surface area (Å²) < 4.78 is 5.93. The molecule has 0 spiro atoms. The minimum absolute atomic E-state index is 0.246. The highest BCUT2D eigenvalue weighted by atomic mass is 16.5. The van der Waals surface area contributed by atoms with Crippen LogP contribution in [0.15, 0.2) is 18.2 Å². The summed E-state index contributed by atoms with van der Waals surface area (Å²) in [4.78, 5) is 0. The van der Waals surface area contributed by atoms with Gasteiger partial charge >= 0.3 is 0 Å². The van der Waals surface area contributed by atoms with Gasteiger partial charge in [-0.1, -0.05) is 38.3 Å². The molecule has 2 nitrogen and oxygen atoms in total. The summed E-state index contributed by atoms with van der Waals surface area (Å²) in [5.41, 5.74) is 7.78. The van der Waals surface area contributed by atoms with E-state index in [1.165, 1.54) is 25.7 Å². The van der Waals surface area contributed by atoms with Crippen molar-refractivity contribution < 1.29 is 4.74 Å². The lowest BCUT2D eigenvalue weighted by atomic mass is 10.1. The summed E-state index contributed by atoms with van der Waals surface area (Å²) in [6, 6.07) is 5.89. The van der Waals surface area contributed by atoms with Crippen LogP contribution in [0.1, 0.15) is 51.5 Å². The second-order valence-electron chi connectivity index (χ2n) is 4.77. The van der Waals surface area contributed by atoms with Crippen LogP contribution in [0, 0.1) is 6.92 Å². The summed E-state index contributed by atoms with van der Waals surface area (Å²) in [6.07, 6.45) is 6.48. The molecule has 1 unspecified atom stereocenters. The fraction of sp³-hybridized carbons (Fsp3) is 0.600. The third-order valence-corrected chi connectivity index (χ3v) is 3.03. The van der Waals surface area contributed by atoms with Crippen LogP contribution in [0.3, 0.4) is 0 Å². The van der Waals surface area contributed by atoms with Crippen molar-refractivity contribution in [2.75, 3.05) is 5.73 Å². The number of benzene rings is 1. The summed E-state index contributed by atoms with van der Waals surface area (Å²) in [7, 11) is 0. The third kappa shape index (κ3) is 4.68. The molecular formula is C15H25NO. The number of aryl methyl sites for hydroxylation is 1. The van der Waals surface area contributed by atoms with Crippen LogP contribution in [0.25, 0.3) is 0 Å². The van der Waals surface area contributed by atoms with Crippen molar-refractivity contribution in [2.45, 2.75) is 59.0 Å². The number of hydrogen-bond acceptors (Lipinski definition) is 2. The molecule has 0 aliphatic rings. The topological polar surface area (TPSA) is 35.2 Å². The number of ether oxygens (including phenoxy) is 1. The highest BCUT2D eigenvalue weighted by Gasteiger charge is 2.08. The predicted molar refractivity (Wildman–Crippen MR) is 74.4 cm³/mol. The molecule has 2 heteroatoms. The lowest BCUT2D eigenvalue weighted by Crippen LogP contribution is -2.13. The summed E-state index contributed by atoms with van der Waals surface area (Å²) in [6.45, 7) is 6.39. The van der Waals surface area contributed by atoms with E-state index in [4.69, 9.17) is 10.5 Å². The van der Waals surface area contributed by atoms with Crippen LogP contribution in [-0.4, -0.2) is 6.10 Å². The summed E-state index contributed by atoms with van der Waals surface area (Å²) in [5.74, 6) is 0.857. The molecule has 0 saturated carbocycles. The Morgan fingerprint density at radius 1 is 1.24 bits per heavy atom. The molecule has 96 valence electrons. The van der Waals surface area contributed by atoms with Crippen LogP contribution in [0.5, 0.6) is 5.75 Å². The SMILES string of the molecule is CCCCCCC(C)Oc1c(C)cccc1N. The first kappa shape index (κ1) is 13.9. The predicted octanol–water partition coefficient (Wildman–Crippen LogP) is 4.31. The molecule has 1 atom stereocenters. The molecule has 0 amide bonds. The zero-order valence-electron chi connectivity index (χ0n) is 11.3. The van der Waals surface area contributed by atoms with Gasteiger partial charge < -0.3 is 10.5 Å². The van der Waals surface area contributed by atoms with Crippen molar-refractivity contribution in [2.24, 2.45) is 0 Å². The maximum Gasteiger partial charge on any atom is 0.145 e. The molecule has 1 aromatic carbocycles. The first-order chi connectivity index (χ1) is 8.15. The van der Waals surface area contributed by atoms with Gasteiger partial charge in [0.05, 0.1) is 11.8 Å². The van der Waals surface area contributed by atoms with Crippen molar-refractivity contribution in [3.63, 3.8) is 0 Å². The molecule has 1 rings (SSSR count). The highest BCUT2D eigenvalue weighted by Crippen LogP contribution is 2.27. The van der Waals surface area contributed by atoms with Gasteiger partial charge in [0.25, 0.3) is 0 Å². The average Bonchev–Trinajstić information content (AvgIpc) is 2.30. The van der Waals surface area contributed by atoms with E-state index in [0.29, 0.717) is 0 Å². The maximum atomic E-state index is 5.93. The van der Waals surface area contributed by atoms with Crippen molar-refractivity contribution in [1.82, 2.24) is 0 Å². The Morgan fingerprint density at radius 2 is 2.00 bits per heavy atom. The number of anilines is 1. The normalized spacial score (nSPS) is 12.4. The van der Waals surface area contributed by atoms with E-state index in [0.717, 1.165) is 23.4 Å². The Labute approximate surface area is 105 Å². The van der Waals surface area contributed by atoms with E-state index in [1.54, 1.807) is 0 Å². The third-order valence-electron chi connectivity index (χ3n) is 3.03. The largest absolute Gasteiger partial charge is 0.488 e. The van der Waals surface area contributed by atoms with E-state index in [-0.39, 0.29) is 6.10 Å². The Morgan fingerprint density at radius 3 is 2.65 bits per heavy atom. The molecular weight excluding hydrogens is 210 g/mol. The smallest absolute Gasteiger partial charge is 0.145 e. The summed E-state index contributed by atoms with van der Waals surface area (Å²) in [5, 5.41) is 0. The zero-order valence-corrected chi connectivity index (χ0v) is 11.3. The van der Waals surface area contributed by atoms with E-state index >= 15 is 0 Å². The minimum Gasteiger partial charge on any atom is -0.488 e. The Bertz CT molecular complexity index is 315. The monoisotopic (exact) mass is 235 g/mol. The molecule has 0 bridgehead atoms. The lowest BCUT2D eigenvalue weighted by Gasteiger charge is -2.17. The molecule has 0 fully saturated rings. The number of unbranched alkanes of at least 4 members (excludes halogenated alkanes) is 3. The van der Waals surface area contributed by atoms with E-state index in [1.807, 2.05) is 25.1 Å². The molecule has 0 aliphatic carbocycles. The first-order valence-corrected chi connectivity index (χ1v) is 6.67. The van der Waals surface area contributed by atoms with Gasteiger partial charge in [-0.05, 0) is 38.3 Å². The molecule has 2 N–H and O–H groups in total. The Balaban J connectivity index is 2.42. The molecule has 0 aliphatic heterocycles. The molecule has 17 heavy (non-hydrogen) atoms. The van der Waals surface area contributed by atoms with Gasteiger partial charge in [0, 0.05) is 0 Å². The van der Waals surface area contributed by atoms with E-state index < -0.39 is 0 Å². The van der Waals surface area contributed by atoms with E-state index in [9.17, 15) is 0 Å². The summed E-state index contributed by atoms with van der Waals surface area (Å²) >= 11 is 0. The van der Waals surface area contributed by atoms with Crippen LogP contribution >= 0.6 is 0 Å². The molecule has 0 aromatic heterocycles. The van der Waals surface area contributed by atoms with Gasteiger partial charge in [0.2, 0.25) is 0 Å². The van der Waals surface area contributed by atoms with Gasteiger partial charge in [0.15, 0.2) is 0 Å². The number of rotatable bonds is 7. The van der Waals surface area contributed by atoms with Crippen molar-refractivity contribution in [1.29, 1.82) is 0 Å². The fourth-order valence-electron chi connectivity index (χ4n) is 1.95. The number of nitrogens with two attached hydrogens (primary N) is 1. The second kappa shape index (κ2) is 7.21. The van der Waals surface area contributed by atoms with Crippen LogP contribution in [0.2, 0.25) is 0 Å². The molecule has 0 saturated heterocycles. The van der Waals surface area contributed by atoms with Crippen molar-refractivity contribution in [3.8, 4) is 5.75 Å². The van der Waals surface area contributed by atoms with Crippen molar-refractivity contribution >= 4 is 5.69 Å². The standard InChI is InChI=1S/C15H25NO/c1-4-5-6-7-10-13(3)17-15-12(2)9-8-11-14(15)16/h8-9,11,13H,4-7,10,16H2,1-3H3. The zero-order chi connectivity index (χ0) is 12.7. The van der Waals surface area contributed by atoms with Gasteiger partial charge in [-0.2, -0.15) is 0 Å². The minimum atomic E-state index is 0.246. The maximum absolute atomic E-state index is 5.93. The number of hydrogen-bond donors (Lipinski definition) is 1. The van der Waals surface area contributed by atoms with Crippen LogP contribution in [0.4, 0.5) is 5.69 Å².